The first-order chi connectivity index (χ1) is 10.3. The second kappa shape index (κ2) is 11.9. The maximum atomic E-state index is 10.6. The second-order valence-corrected chi connectivity index (χ2v) is 5.27. The van der Waals surface area contributed by atoms with Crippen LogP contribution in [0.25, 0.3) is 0 Å². The normalized spacial score (nSPS) is 20.6. The number of hydrogen-bond donors (Lipinski definition) is 1. The molecule has 1 fully saturated rings. The highest BCUT2D eigenvalue weighted by Gasteiger charge is 2.44. The molecule has 0 aromatic rings. The summed E-state index contributed by atoms with van der Waals surface area (Å²) in [7, 11) is 1.65. The van der Waals surface area contributed by atoms with Gasteiger partial charge < -0.3 is 24.1 Å². The van der Waals surface area contributed by atoms with Crippen LogP contribution in [-0.2, 0) is 23.7 Å². The van der Waals surface area contributed by atoms with Gasteiger partial charge in [0.2, 0.25) is 0 Å². The van der Waals surface area contributed by atoms with Crippen molar-refractivity contribution in [1.29, 1.82) is 0 Å². The summed E-state index contributed by atoms with van der Waals surface area (Å²) in [6.07, 6.45) is 7.11. The number of aliphatic carboxylic acids is 1. The molecule has 1 heterocycles. The topological polar surface area (TPSA) is 77.5 Å². The number of unbranched alkanes of at least 4 members (excludes halogenated alkanes) is 5. The van der Waals surface area contributed by atoms with Crippen molar-refractivity contribution in [2.45, 2.75) is 57.2 Å². The Morgan fingerprint density at radius 1 is 1.00 bits per heavy atom. The standard InChI is InChI=1S/C15H28O6/c1-18-10-11-20-12-19-9-7-5-3-2-4-6-8-13-14(21-13)15(16)17/h13-14H,2-12H2,1H3,(H,16,17)/t13-,14+/m0/s1. The highest BCUT2D eigenvalue weighted by Crippen LogP contribution is 2.27. The quantitative estimate of drug-likeness (QED) is 0.284. The van der Waals surface area contributed by atoms with Gasteiger partial charge in [0.25, 0.3) is 0 Å². The Hall–Kier alpha value is -0.690. The number of hydrogen-bond acceptors (Lipinski definition) is 5. The van der Waals surface area contributed by atoms with Gasteiger partial charge in [0, 0.05) is 13.7 Å². The summed E-state index contributed by atoms with van der Waals surface area (Å²) in [6, 6.07) is 0. The van der Waals surface area contributed by atoms with E-state index < -0.39 is 12.1 Å². The van der Waals surface area contributed by atoms with E-state index in [4.69, 9.17) is 24.1 Å². The minimum atomic E-state index is -0.828. The third-order valence-corrected chi connectivity index (χ3v) is 3.45. The van der Waals surface area contributed by atoms with Gasteiger partial charge in [0.15, 0.2) is 6.10 Å². The van der Waals surface area contributed by atoms with Gasteiger partial charge in [-0.15, -0.1) is 0 Å². The van der Waals surface area contributed by atoms with Crippen LogP contribution in [0.4, 0.5) is 0 Å². The number of carbonyl (C=O) groups is 1. The Kier molecular flexibility index (Phi) is 10.4. The van der Waals surface area contributed by atoms with Crippen LogP contribution in [0.5, 0.6) is 0 Å². The maximum Gasteiger partial charge on any atom is 0.335 e. The van der Waals surface area contributed by atoms with Crippen molar-refractivity contribution in [3.8, 4) is 0 Å². The maximum absolute atomic E-state index is 10.6. The van der Waals surface area contributed by atoms with Crippen LogP contribution in [0.1, 0.15) is 44.9 Å². The second-order valence-electron chi connectivity index (χ2n) is 5.27. The first kappa shape index (κ1) is 18.4. The molecule has 0 saturated carbocycles. The minimum Gasteiger partial charge on any atom is -0.479 e. The molecule has 0 unspecified atom stereocenters. The van der Waals surface area contributed by atoms with E-state index in [1.54, 1.807) is 7.11 Å². The Balaban J connectivity index is 1.69. The molecule has 1 rings (SSSR count). The third kappa shape index (κ3) is 9.79. The summed E-state index contributed by atoms with van der Waals surface area (Å²) in [4.78, 5) is 10.6. The lowest BCUT2D eigenvalue weighted by Gasteiger charge is -2.05. The Morgan fingerprint density at radius 2 is 1.67 bits per heavy atom. The van der Waals surface area contributed by atoms with Crippen LogP contribution in [-0.4, -0.2) is 57.0 Å². The van der Waals surface area contributed by atoms with E-state index in [-0.39, 0.29) is 6.10 Å². The van der Waals surface area contributed by atoms with Gasteiger partial charge in [-0.3, -0.25) is 0 Å². The molecule has 0 aromatic heterocycles. The van der Waals surface area contributed by atoms with Crippen molar-refractivity contribution in [1.82, 2.24) is 0 Å². The van der Waals surface area contributed by atoms with Gasteiger partial charge in [-0.1, -0.05) is 32.1 Å². The molecule has 124 valence electrons. The Bertz CT molecular complexity index is 271. The smallest absolute Gasteiger partial charge is 0.335 e. The number of carboxylic acid groups (broad SMARTS) is 1. The molecule has 0 amide bonds. The summed E-state index contributed by atoms with van der Waals surface area (Å²) in [6.45, 7) is 2.26. The summed E-state index contributed by atoms with van der Waals surface area (Å²) in [5, 5.41) is 8.68. The molecule has 0 spiro atoms. The molecule has 0 bridgehead atoms. The molecule has 6 heteroatoms. The van der Waals surface area contributed by atoms with E-state index in [0.29, 0.717) is 20.0 Å². The van der Waals surface area contributed by atoms with E-state index in [2.05, 4.69) is 0 Å². The van der Waals surface area contributed by atoms with Crippen LogP contribution >= 0.6 is 0 Å². The zero-order valence-corrected chi connectivity index (χ0v) is 12.9. The van der Waals surface area contributed by atoms with Crippen molar-refractivity contribution < 1.29 is 28.8 Å². The first-order valence-corrected chi connectivity index (χ1v) is 7.78. The van der Waals surface area contributed by atoms with Crippen molar-refractivity contribution in [2.24, 2.45) is 0 Å². The fourth-order valence-electron chi connectivity index (χ4n) is 2.16. The van der Waals surface area contributed by atoms with E-state index in [1.807, 2.05) is 0 Å². The van der Waals surface area contributed by atoms with Crippen LogP contribution in [0.15, 0.2) is 0 Å². The van der Waals surface area contributed by atoms with Gasteiger partial charge >= 0.3 is 5.97 Å². The van der Waals surface area contributed by atoms with E-state index >= 15 is 0 Å². The zero-order valence-electron chi connectivity index (χ0n) is 12.9. The molecule has 1 N–H and O–H groups in total. The van der Waals surface area contributed by atoms with E-state index in [1.165, 1.54) is 12.8 Å². The molecule has 1 aliphatic heterocycles. The average molecular weight is 304 g/mol. The summed E-state index contributed by atoms with van der Waals surface area (Å²) >= 11 is 0. The summed E-state index contributed by atoms with van der Waals surface area (Å²) in [5.41, 5.74) is 0. The van der Waals surface area contributed by atoms with E-state index in [0.717, 1.165) is 38.7 Å². The minimum absolute atomic E-state index is 0.0333. The monoisotopic (exact) mass is 304 g/mol. The number of methoxy groups -OCH3 is 1. The predicted octanol–water partition coefficient (Wildman–Crippen LogP) is 2.21. The average Bonchev–Trinajstić information content (AvgIpc) is 3.24. The number of ether oxygens (including phenoxy) is 4. The molecule has 1 saturated heterocycles. The van der Waals surface area contributed by atoms with Crippen LogP contribution in [0, 0.1) is 0 Å². The Labute approximate surface area is 126 Å². The van der Waals surface area contributed by atoms with Crippen LogP contribution in [0.2, 0.25) is 0 Å². The highest BCUT2D eigenvalue weighted by atomic mass is 16.7. The molecule has 0 aliphatic carbocycles. The fourth-order valence-corrected chi connectivity index (χ4v) is 2.16. The lowest BCUT2D eigenvalue weighted by molar-refractivity contribution is -0.138. The highest BCUT2D eigenvalue weighted by molar-refractivity contribution is 5.75. The molecule has 6 nitrogen and oxygen atoms in total. The third-order valence-electron chi connectivity index (χ3n) is 3.45. The van der Waals surface area contributed by atoms with Crippen molar-refractivity contribution >= 4 is 5.97 Å². The van der Waals surface area contributed by atoms with Crippen molar-refractivity contribution in [3.63, 3.8) is 0 Å². The lowest BCUT2D eigenvalue weighted by Crippen LogP contribution is -2.07. The van der Waals surface area contributed by atoms with Gasteiger partial charge in [0.1, 0.15) is 6.79 Å². The van der Waals surface area contributed by atoms with Crippen molar-refractivity contribution in [3.05, 3.63) is 0 Å². The molecule has 0 aromatic carbocycles. The van der Waals surface area contributed by atoms with Crippen LogP contribution < -0.4 is 0 Å². The number of rotatable bonds is 15. The lowest BCUT2D eigenvalue weighted by atomic mass is 10.1. The van der Waals surface area contributed by atoms with Gasteiger partial charge in [-0.05, 0) is 12.8 Å². The fraction of sp³-hybridized carbons (Fsp3) is 0.933. The van der Waals surface area contributed by atoms with Crippen molar-refractivity contribution in [2.75, 3.05) is 33.7 Å². The molecule has 2 atom stereocenters. The zero-order chi connectivity index (χ0) is 15.3. The van der Waals surface area contributed by atoms with Gasteiger partial charge in [0.05, 0.1) is 19.3 Å². The first-order valence-electron chi connectivity index (χ1n) is 7.78. The molecule has 0 radical (unpaired) electrons. The molecule has 21 heavy (non-hydrogen) atoms. The Morgan fingerprint density at radius 3 is 2.33 bits per heavy atom. The molecular weight excluding hydrogens is 276 g/mol. The summed E-state index contributed by atoms with van der Waals surface area (Å²) < 4.78 is 20.4. The van der Waals surface area contributed by atoms with E-state index in [9.17, 15) is 4.79 Å². The summed E-state index contributed by atoms with van der Waals surface area (Å²) in [5.74, 6) is -0.828. The van der Waals surface area contributed by atoms with Gasteiger partial charge in [-0.25, -0.2) is 4.79 Å². The molecular formula is C15H28O6. The SMILES string of the molecule is COCCOCOCCCCCCCC[C@@H]1O[C@H]1C(=O)O. The molecule has 1 aliphatic rings. The van der Waals surface area contributed by atoms with Crippen LogP contribution in [0.3, 0.4) is 0 Å². The largest absolute Gasteiger partial charge is 0.479 e. The number of epoxide rings is 1. The van der Waals surface area contributed by atoms with Gasteiger partial charge in [-0.2, -0.15) is 0 Å². The predicted molar refractivity (Wildman–Crippen MR) is 77.3 cm³/mol. The number of carboxylic acids is 1.